The van der Waals surface area contributed by atoms with E-state index in [0.717, 1.165) is 29.3 Å². The largest absolute Gasteiger partial charge is 0.376 e. The maximum Gasteiger partial charge on any atom is 0.319 e. The molecule has 0 spiro atoms. The Morgan fingerprint density at radius 1 is 1.33 bits per heavy atom. The number of amides is 2. The Hall–Kier alpha value is -2.40. The molecule has 1 unspecified atom stereocenters. The highest BCUT2D eigenvalue weighted by molar-refractivity contribution is 5.89. The summed E-state index contributed by atoms with van der Waals surface area (Å²) in [6, 6.07) is 11.2. The van der Waals surface area contributed by atoms with Gasteiger partial charge in [-0.1, -0.05) is 18.2 Å². The summed E-state index contributed by atoms with van der Waals surface area (Å²) in [7, 11) is 0. The summed E-state index contributed by atoms with van der Waals surface area (Å²) in [6.07, 6.45) is 6.05. The number of pyridine rings is 1. The smallest absolute Gasteiger partial charge is 0.319 e. The molecule has 1 aromatic heterocycles. The lowest BCUT2D eigenvalue weighted by atomic mass is 10.1. The van der Waals surface area contributed by atoms with E-state index in [2.05, 4.69) is 15.6 Å². The highest BCUT2D eigenvalue weighted by Gasteiger charge is 2.21. The molecule has 5 heteroatoms. The normalized spacial score (nSPS) is 14.9. The molecular weight excluding hydrogens is 302 g/mol. The van der Waals surface area contributed by atoms with Crippen molar-refractivity contribution in [2.45, 2.75) is 32.4 Å². The second-order valence-electron chi connectivity index (χ2n) is 6.27. The Labute approximate surface area is 142 Å². The fourth-order valence-electron chi connectivity index (χ4n) is 2.45. The van der Waals surface area contributed by atoms with Gasteiger partial charge in [-0.3, -0.25) is 4.98 Å². The van der Waals surface area contributed by atoms with Crippen molar-refractivity contribution in [1.82, 2.24) is 10.3 Å². The molecule has 1 fully saturated rings. The van der Waals surface area contributed by atoms with E-state index in [9.17, 15) is 4.79 Å². The van der Waals surface area contributed by atoms with Crippen molar-refractivity contribution < 1.29 is 9.53 Å². The first-order valence-corrected chi connectivity index (χ1v) is 8.35. The van der Waals surface area contributed by atoms with Gasteiger partial charge >= 0.3 is 6.03 Å². The van der Waals surface area contributed by atoms with E-state index in [0.29, 0.717) is 6.61 Å². The van der Waals surface area contributed by atoms with Gasteiger partial charge in [0.05, 0.1) is 12.6 Å². The van der Waals surface area contributed by atoms with E-state index in [1.54, 1.807) is 12.4 Å². The minimum atomic E-state index is -0.234. The summed E-state index contributed by atoms with van der Waals surface area (Å²) in [5.74, 6) is 0.756. The number of carbonyl (C=O) groups excluding carboxylic acids is 1. The van der Waals surface area contributed by atoms with Crippen LogP contribution in [0.25, 0.3) is 0 Å². The second kappa shape index (κ2) is 7.93. The van der Waals surface area contributed by atoms with E-state index >= 15 is 0 Å². The number of hydrogen-bond acceptors (Lipinski definition) is 3. The van der Waals surface area contributed by atoms with Gasteiger partial charge in [0.15, 0.2) is 0 Å². The van der Waals surface area contributed by atoms with Crippen LogP contribution in [-0.4, -0.2) is 17.6 Å². The van der Waals surface area contributed by atoms with E-state index in [1.165, 1.54) is 12.8 Å². The third-order valence-electron chi connectivity index (χ3n) is 4.04. The van der Waals surface area contributed by atoms with Gasteiger partial charge in [0.1, 0.15) is 0 Å². The molecule has 1 atom stereocenters. The van der Waals surface area contributed by atoms with Crippen LogP contribution in [0, 0.1) is 5.92 Å². The molecule has 2 aromatic rings. The number of anilines is 1. The average Bonchev–Trinajstić information content (AvgIpc) is 3.40. The third kappa shape index (κ3) is 5.06. The standard InChI is InChI=1S/C19H23N3O2/c1-14(17-5-3-9-20-11-17)21-19(23)22-18-6-2-4-16(10-18)13-24-12-15-7-8-15/h2-6,9-11,14-15H,7-8,12-13H2,1H3,(H2,21,22,23). The summed E-state index contributed by atoms with van der Waals surface area (Å²) in [6.45, 7) is 3.35. The molecule has 1 saturated carbocycles. The lowest BCUT2D eigenvalue weighted by molar-refractivity contribution is 0.111. The molecular formula is C19H23N3O2. The quantitative estimate of drug-likeness (QED) is 0.812. The van der Waals surface area contributed by atoms with Gasteiger partial charge < -0.3 is 15.4 Å². The Kier molecular flexibility index (Phi) is 5.43. The van der Waals surface area contributed by atoms with E-state index in [1.807, 2.05) is 43.3 Å². The number of urea groups is 1. The number of ether oxygens (including phenoxy) is 1. The molecule has 1 aliphatic carbocycles. The van der Waals surface area contributed by atoms with Gasteiger partial charge in [0.25, 0.3) is 0 Å². The molecule has 2 N–H and O–H groups in total. The molecule has 126 valence electrons. The van der Waals surface area contributed by atoms with Crippen molar-refractivity contribution >= 4 is 11.7 Å². The van der Waals surface area contributed by atoms with E-state index < -0.39 is 0 Å². The molecule has 1 heterocycles. The predicted molar refractivity (Wildman–Crippen MR) is 93.6 cm³/mol. The summed E-state index contributed by atoms with van der Waals surface area (Å²) in [4.78, 5) is 16.2. The third-order valence-corrected chi connectivity index (χ3v) is 4.04. The molecule has 0 aliphatic heterocycles. The Balaban J connectivity index is 1.50. The zero-order chi connectivity index (χ0) is 16.8. The summed E-state index contributed by atoms with van der Waals surface area (Å²) in [5, 5.41) is 5.78. The Bertz CT molecular complexity index is 671. The van der Waals surface area contributed by atoms with Gasteiger partial charge in [-0.2, -0.15) is 0 Å². The van der Waals surface area contributed by atoms with Crippen LogP contribution in [-0.2, 0) is 11.3 Å². The zero-order valence-electron chi connectivity index (χ0n) is 13.9. The summed E-state index contributed by atoms with van der Waals surface area (Å²) >= 11 is 0. The topological polar surface area (TPSA) is 63.2 Å². The van der Waals surface area contributed by atoms with Crippen LogP contribution in [0.3, 0.4) is 0 Å². The number of nitrogens with one attached hydrogen (secondary N) is 2. The number of rotatable bonds is 7. The second-order valence-corrected chi connectivity index (χ2v) is 6.27. The van der Waals surface area contributed by atoms with Crippen molar-refractivity contribution in [1.29, 1.82) is 0 Å². The number of aromatic nitrogens is 1. The van der Waals surface area contributed by atoms with Gasteiger partial charge in [-0.05, 0) is 55.0 Å². The van der Waals surface area contributed by atoms with Crippen molar-refractivity contribution in [3.8, 4) is 0 Å². The SMILES string of the molecule is CC(NC(=O)Nc1cccc(COCC2CC2)c1)c1cccnc1. The average molecular weight is 325 g/mol. The van der Waals surface area contributed by atoms with Gasteiger partial charge in [-0.15, -0.1) is 0 Å². The molecule has 1 aliphatic rings. The molecule has 1 aromatic carbocycles. The van der Waals surface area contributed by atoms with Gasteiger partial charge in [0.2, 0.25) is 0 Å². The van der Waals surface area contributed by atoms with Crippen molar-refractivity contribution in [3.05, 3.63) is 59.9 Å². The van der Waals surface area contributed by atoms with Crippen LogP contribution >= 0.6 is 0 Å². The number of carbonyl (C=O) groups is 1. The zero-order valence-corrected chi connectivity index (χ0v) is 13.9. The Morgan fingerprint density at radius 2 is 2.21 bits per heavy atom. The van der Waals surface area contributed by atoms with Gasteiger partial charge in [-0.25, -0.2) is 4.79 Å². The predicted octanol–water partition coefficient (Wildman–Crippen LogP) is 3.89. The number of nitrogens with zero attached hydrogens (tertiary/aromatic N) is 1. The minimum Gasteiger partial charge on any atom is -0.376 e. The van der Waals surface area contributed by atoms with E-state index in [4.69, 9.17) is 4.74 Å². The van der Waals surface area contributed by atoms with Crippen LogP contribution in [0.4, 0.5) is 10.5 Å². The van der Waals surface area contributed by atoms with Crippen LogP contribution in [0.1, 0.15) is 36.9 Å². The molecule has 5 nitrogen and oxygen atoms in total. The maximum atomic E-state index is 12.1. The lowest BCUT2D eigenvalue weighted by Gasteiger charge is -2.15. The highest BCUT2D eigenvalue weighted by atomic mass is 16.5. The molecule has 3 rings (SSSR count). The number of benzene rings is 1. The van der Waals surface area contributed by atoms with Crippen molar-refractivity contribution in [2.24, 2.45) is 5.92 Å². The van der Waals surface area contributed by atoms with Crippen molar-refractivity contribution in [3.63, 3.8) is 0 Å². The highest BCUT2D eigenvalue weighted by Crippen LogP contribution is 2.29. The van der Waals surface area contributed by atoms with Crippen LogP contribution in [0.5, 0.6) is 0 Å². The summed E-state index contributed by atoms with van der Waals surface area (Å²) < 4.78 is 5.69. The van der Waals surface area contributed by atoms with Gasteiger partial charge in [0, 0.05) is 24.7 Å². The first-order valence-electron chi connectivity index (χ1n) is 8.35. The Morgan fingerprint density at radius 3 is 2.96 bits per heavy atom. The first-order chi connectivity index (χ1) is 11.7. The minimum absolute atomic E-state index is 0.108. The van der Waals surface area contributed by atoms with Crippen LogP contribution in [0.2, 0.25) is 0 Å². The fraction of sp³-hybridized carbons (Fsp3) is 0.368. The molecule has 2 amide bonds. The summed E-state index contributed by atoms with van der Waals surface area (Å²) in [5.41, 5.74) is 2.79. The van der Waals surface area contributed by atoms with E-state index in [-0.39, 0.29) is 12.1 Å². The molecule has 24 heavy (non-hydrogen) atoms. The van der Waals surface area contributed by atoms with Crippen molar-refractivity contribution in [2.75, 3.05) is 11.9 Å². The lowest BCUT2D eigenvalue weighted by Crippen LogP contribution is -2.31. The molecule has 0 radical (unpaired) electrons. The number of hydrogen-bond donors (Lipinski definition) is 2. The monoisotopic (exact) mass is 325 g/mol. The van der Waals surface area contributed by atoms with Crippen LogP contribution in [0.15, 0.2) is 48.8 Å². The molecule has 0 saturated heterocycles. The molecule has 0 bridgehead atoms. The first kappa shape index (κ1) is 16.5. The fourth-order valence-corrected chi connectivity index (χ4v) is 2.45. The maximum absolute atomic E-state index is 12.1. The van der Waals surface area contributed by atoms with Crippen LogP contribution < -0.4 is 10.6 Å².